The van der Waals surface area contributed by atoms with Crippen molar-refractivity contribution in [3.05, 3.63) is 76.4 Å². The molecule has 1 aromatic heterocycles. The van der Waals surface area contributed by atoms with Crippen molar-refractivity contribution in [1.82, 2.24) is 4.68 Å². The van der Waals surface area contributed by atoms with Gasteiger partial charge in [-0.2, -0.15) is 5.10 Å². The second-order valence-corrected chi connectivity index (χ2v) is 6.41. The predicted octanol–water partition coefficient (Wildman–Crippen LogP) is 4.95. The van der Waals surface area contributed by atoms with Crippen molar-refractivity contribution in [2.24, 2.45) is 10.1 Å². The smallest absolute Gasteiger partial charge is 0.206 e. The molecule has 2 aromatic carbocycles. The summed E-state index contributed by atoms with van der Waals surface area (Å²) < 4.78 is 1.97. The van der Waals surface area contributed by atoms with Crippen molar-refractivity contribution in [3.8, 4) is 11.3 Å². The average Bonchev–Trinajstić information content (AvgIpc) is 3.04. The Labute approximate surface area is 146 Å². The number of thiazole rings is 1. The molecular weight excluding hydrogens is 314 g/mol. The molecule has 3 rings (SSSR count). The maximum Gasteiger partial charge on any atom is 0.206 e. The van der Waals surface area contributed by atoms with E-state index in [0.717, 1.165) is 28.2 Å². The lowest BCUT2D eigenvalue weighted by atomic mass is 10.2. The van der Waals surface area contributed by atoms with Gasteiger partial charge in [0.2, 0.25) is 4.80 Å². The Bertz CT molecular complexity index is 874. The Kier molecular flexibility index (Phi) is 5.39. The van der Waals surface area contributed by atoms with Gasteiger partial charge in [0.15, 0.2) is 0 Å². The van der Waals surface area contributed by atoms with Gasteiger partial charge in [0.25, 0.3) is 0 Å². The molecule has 0 saturated carbocycles. The van der Waals surface area contributed by atoms with Gasteiger partial charge in [-0.3, -0.25) is 4.99 Å². The fourth-order valence-corrected chi connectivity index (χ4v) is 3.13. The molecule has 24 heavy (non-hydrogen) atoms. The normalized spacial score (nSPS) is 12.6. The second kappa shape index (κ2) is 7.88. The molecule has 0 radical (unpaired) electrons. The number of hydrogen-bond acceptors (Lipinski definition) is 3. The Balaban J connectivity index is 2.05. The Morgan fingerprint density at radius 3 is 2.33 bits per heavy atom. The van der Waals surface area contributed by atoms with Crippen LogP contribution < -0.4 is 4.80 Å². The van der Waals surface area contributed by atoms with E-state index >= 15 is 0 Å². The van der Waals surface area contributed by atoms with E-state index in [1.165, 1.54) is 5.56 Å². The number of nitrogens with zero attached hydrogens (tertiary/aromatic N) is 3. The molecule has 0 N–H and O–H groups in total. The van der Waals surface area contributed by atoms with Crippen molar-refractivity contribution in [2.45, 2.75) is 26.8 Å². The molecule has 0 fully saturated rings. The number of benzene rings is 2. The quantitative estimate of drug-likeness (QED) is 0.590. The fourth-order valence-electron chi connectivity index (χ4n) is 2.30. The molecule has 0 aliphatic rings. The van der Waals surface area contributed by atoms with Crippen molar-refractivity contribution < 1.29 is 0 Å². The first-order chi connectivity index (χ1) is 11.8. The third-order valence-electron chi connectivity index (χ3n) is 3.78. The minimum Gasteiger partial charge on any atom is -0.253 e. The van der Waals surface area contributed by atoms with Crippen molar-refractivity contribution >= 4 is 17.0 Å². The Morgan fingerprint density at radius 1 is 1.00 bits per heavy atom. The molecule has 0 amide bonds. The average molecular weight is 335 g/mol. The Hall–Kier alpha value is -2.46. The molecule has 0 saturated heterocycles. The van der Waals surface area contributed by atoms with E-state index in [0.29, 0.717) is 6.54 Å². The lowest BCUT2D eigenvalue weighted by molar-refractivity contribution is 0.814. The van der Waals surface area contributed by atoms with Crippen LogP contribution in [0.1, 0.15) is 25.8 Å². The molecule has 3 aromatic rings. The first-order valence-electron chi connectivity index (χ1n) is 8.12. The predicted molar refractivity (Wildman–Crippen MR) is 102 cm³/mol. The second-order valence-electron chi connectivity index (χ2n) is 5.57. The molecule has 0 aliphatic carbocycles. The van der Waals surface area contributed by atoms with Gasteiger partial charge in [0.1, 0.15) is 0 Å². The summed E-state index contributed by atoms with van der Waals surface area (Å²) in [6.07, 6.45) is 0.926. The van der Waals surface area contributed by atoms with Crippen LogP contribution in [0.25, 0.3) is 11.3 Å². The zero-order valence-electron chi connectivity index (χ0n) is 14.0. The topological polar surface area (TPSA) is 29.6 Å². The molecule has 122 valence electrons. The first kappa shape index (κ1) is 16.4. The summed E-state index contributed by atoms with van der Waals surface area (Å²) in [4.78, 5) is 5.71. The number of hydrogen-bond donors (Lipinski definition) is 0. The minimum atomic E-state index is 0.663. The molecule has 4 heteroatoms. The highest BCUT2D eigenvalue weighted by molar-refractivity contribution is 7.07. The monoisotopic (exact) mass is 335 g/mol. The van der Waals surface area contributed by atoms with Crippen LogP contribution in [0, 0.1) is 0 Å². The van der Waals surface area contributed by atoms with Gasteiger partial charge in [-0.25, -0.2) is 4.68 Å². The SMILES string of the molecule is CCC(C)=Nn1c(-c2ccccc2)csc1=NCc1ccccc1. The van der Waals surface area contributed by atoms with Crippen LogP contribution in [0.15, 0.2) is 76.1 Å². The summed E-state index contributed by atoms with van der Waals surface area (Å²) in [5, 5.41) is 6.91. The summed E-state index contributed by atoms with van der Waals surface area (Å²) >= 11 is 1.63. The van der Waals surface area contributed by atoms with Gasteiger partial charge in [-0.15, -0.1) is 11.3 Å². The van der Waals surface area contributed by atoms with E-state index in [1.807, 2.05) is 28.9 Å². The fraction of sp³-hybridized carbons (Fsp3) is 0.200. The lowest BCUT2D eigenvalue weighted by Crippen LogP contribution is -2.13. The summed E-state index contributed by atoms with van der Waals surface area (Å²) in [5.41, 5.74) is 4.53. The summed E-state index contributed by atoms with van der Waals surface area (Å²) in [6, 6.07) is 20.7. The molecule has 0 bridgehead atoms. The van der Waals surface area contributed by atoms with E-state index in [1.54, 1.807) is 11.3 Å². The van der Waals surface area contributed by atoms with Crippen LogP contribution in [-0.2, 0) is 6.54 Å². The van der Waals surface area contributed by atoms with E-state index < -0.39 is 0 Å². The van der Waals surface area contributed by atoms with Crippen LogP contribution in [-0.4, -0.2) is 10.4 Å². The van der Waals surface area contributed by atoms with Crippen LogP contribution in [0.3, 0.4) is 0 Å². The molecule has 0 aliphatic heterocycles. The zero-order valence-corrected chi connectivity index (χ0v) is 14.8. The minimum absolute atomic E-state index is 0.663. The van der Waals surface area contributed by atoms with Crippen LogP contribution >= 0.6 is 11.3 Å². The van der Waals surface area contributed by atoms with Crippen LogP contribution in [0.4, 0.5) is 0 Å². The largest absolute Gasteiger partial charge is 0.253 e. The van der Waals surface area contributed by atoms with Gasteiger partial charge in [-0.05, 0) is 18.9 Å². The molecule has 0 atom stereocenters. The first-order valence-corrected chi connectivity index (χ1v) is 9.00. The highest BCUT2D eigenvalue weighted by Crippen LogP contribution is 2.19. The van der Waals surface area contributed by atoms with Gasteiger partial charge >= 0.3 is 0 Å². The molecular formula is C20H21N3S. The highest BCUT2D eigenvalue weighted by Gasteiger charge is 2.07. The van der Waals surface area contributed by atoms with Crippen LogP contribution in [0.5, 0.6) is 0 Å². The van der Waals surface area contributed by atoms with Crippen molar-refractivity contribution in [2.75, 3.05) is 0 Å². The highest BCUT2D eigenvalue weighted by atomic mass is 32.1. The van der Waals surface area contributed by atoms with E-state index in [4.69, 9.17) is 10.1 Å². The zero-order chi connectivity index (χ0) is 16.8. The Morgan fingerprint density at radius 2 is 1.67 bits per heavy atom. The standard InChI is InChI=1S/C20H21N3S/c1-3-16(2)22-23-19(18-12-8-5-9-13-18)15-24-20(23)21-14-17-10-6-4-7-11-17/h4-13,15H,3,14H2,1-2H3. The third-order valence-corrected chi connectivity index (χ3v) is 4.63. The maximum absolute atomic E-state index is 4.78. The molecule has 3 nitrogen and oxygen atoms in total. The third kappa shape index (κ3) is 3.89. The van der Waals surface area contributed by atoms with Crippen molar-refractivity contribution in [1.29, 1.82) is 0 Å². The molecule has 1 heterocycles. The van der Waals surface area contributed by atoms with E-state index in [2.05, 4.69) is 55.6 Å². The van der Waals surface area contributed by atoms with Gasteiger partial charge in [-0.1, -0.05) is 67.6 Å². The molecule has 0 unspecified atom stereocenters. The summed E-state index contributed by atoms with van der Waals surface area (Å²) in [5.74, 6) is 0. The van der Waals surface area contributed by atoms with Gasteiger partial charge < -0.3 is 0 Å². The summed E-state index contributed by atoms with van der Waals surface area (Å²) in [6.45, 7) is 4.84. The van der Waals surface area contributed by atoms with E-state index in [9.17, 15) is 0 Å². The van der Waals surface area contributed by atoms with Crippen molar-refractivity contribution in [3.63, 3.8) is 0 Å². The molecule has 0 spiro atoms. The van der Waals surface area contributed by atoms with E-state index in [-0.39, 0.29) is 0 Å². The lowest BCUT2D eigenvalue weighted by Gasteiger charge is -2.05. The number of aromatic nitrogens is 1. The maximum atomic E-state index is 4.78. The van der Waals surface area contributed by atoms with Gasteiger partial charge in [0, 0.05) is 16.7 Å². The number of rotatable bonds is 5. The van der Waals surface area contributed by atoms with Crippen LogP contribution in [0.2, 0.25) is 0 Å². The summed E-state index contributed by atoms with van der Waals surface area (Å²) in [7, 11) is 0. The van der Waals surface area contributed by atoms with Gasteiger partial charge in [0.05, 0.1) is 12.2 Å².